The standard InChI is InChI=1S/C19H31ClN2O3/c1-8-19(5,6)21-11-13-9-15(24-7)16(10-14(13)20)25-12-17(23)22-18(2,3)4/h9-10,21H,8,11-12H2,1-7H3,(H,22,23). The van der Waals surface area contributed by atoms with E-state index >= 15 is 0 Å². The minimum Gasteiger partial charge on any atom is -0.493 e. The smallest absolute Gasteiger partial charge is 0.258 e. The van der Waals surface area contributed by atoms with Crippen molar-refractivity contribution in [3.8, 4) is 11.5 Å². The SMILES string of the molecule is CCC(C)(C)NCc1cc(OC)c(OCC(=O)NC(C)(C)C)cc1Cl. The van der Waals surface area contributed by atoms with Gasteiger partial charge in [-0.25, -0.2) is 0 Å². The average Bonchev–Trinajstić information content (AvgIpc) is 2.50. The van der Waals surface area contributed by atoms with Crippen LogP contribution in [0.1, 0.15) is 53.5 Å². The maximum absolute atomic E-state index is 11.9. The zero-order chi connectivity index (χ0) is 19.3. The molecule has 25 heavy (non-hydrogen) atoms. The highest BCUT2D eigenvalue weighted by atomic mass is 35.5. The molecule has 0 saturated carbocycles. The highest BCUT2D eigenvalue weighted by Gasteiger charge is 2.18. The van der Waals surface area contributed by atoms with Crippen LogP contribution in [-0.4, -0.2) is 30.7 Å². The number of halogens is 1. The highest BCUT2D eigenvalue weighted by Crippen LogP contribution is 2.33. The Kier molecular flexibility index (Phi) is 7.57. The van der Waals surface area contributed by atoms with Crippen molar-refractivity contribution in [2.75, 3.05) is 13.7 Å². The molecule has 0 spiro atoms. The number of nitrogens with one attached hydrogen (secondary N) is 2. The quantitative estimate of drug-likeness (QED) is 0.728. The molecule has 0 aliphatic heterocycles. The number of hydrogen-bond acceptors (Lipinski definition) is 4. The third kappa shape index (κ3) is 7.53. The molecule has 1 aromatic rings. The fourth-order valence-electron chi connectivity index (χ4n) is 2.04. The van der Waals surface area contributed by atoms with Crippen LogP contribution in [0.4, 0.5) is 0 Å². The summed E-state index contributed by atoms with van der Waals surface area (Å²) < 4.78 is 11.0. The predicted molar refractivity (Wildman–Crippen MR) is 103 cm³/mol. The summed E-state index contributed by atoms with van der Waals surface area (Å²) in [5.41, 5.74) is 0.645. The number of carbonyl (C=O) groups excluding carboxylic acids is 1. The lowest BCUT2D eigenvalue weighted by Gasteiger charge is -2.25. The van der Waals surface area contributed by atoms with Gasteiger partial charge in [0, 0.05) is 28.7 Å². The second-order valence-corrected chi connectivity index (χ2v) is 8.18. The van der Waals surface area contributed by atoms with E-state index in [2.05, 4.69) is 31.4 Å². The number of hydrogen-bond donors (Lipinski definition) is 2. The molecule has 0 saturated heterocycles. The molecule has 1 rings (SSSR count). The molecule has 0 unspecified atom stereocenters. The minimum absolute atomic E-state index is 0.0246. The summed E-state index contributed by atoms with van der Waals surface area (Å²) in [7, 11) is 1.57. The number of amides is 1. The van der Waals surface area contributed by atoms with Crippen LogP contribution in [0.2, 0.25) is 5.02 Å². The van der Waals surface area contributed by atoms with Crippen molar-refractivity contribution in [2.45, 2.75) is 65.6 Å². The fourth-order valence-corrected chi connectivity index (χ4v) is 2.26. The lowest BCUT2D eigenvalue weighted by atomic mass is 10.0. The van der Waals surface area contributed by atoms with Crippen LogP contribution in [0.5, 0.6) is 11.5 Å². The summed E-state index contributed by atoms with van der Waals surface area (Å²) >= 11 is 6.38. The van der Waals surface area contributed by atoms with Gasteiger partial charge in [0.1, 0.15) is 0 Å². The van der Waals surface area contributed by atoms with E-state index in [0.29, 0.717) is 23.1 Å². The lowest BCUT2D eigenvalue weighted by molar-refractivity contribution is -0.124. The maximum atomic E-state index is 11.9. The zero-order valence-corrected chi connectivity index (χ0v) is 17.1. The van der Waals surface area contributed by atoms with Crippen LogP contribution in [0.15, 0.2) is 12.1 Å². The third-order valence-corrected chi connectivity index (χ3v) is 4.20. The monoisotopic (exact) mass is 370 g/mol. The summed E-state index contributed by atoms with van der Waals surface area (Å²) in [6, 6.07) is 3.54. The molecule has 1 amide bonds. The molecule has 0 radical (unpaired) electrons. The maximum Gasteiger partial charge on any atom is 0.258 e. The van der Waals surface area contributed by atoms with E-state index in [1.807, 2.05) is 26.8 Å². The molecule has 0 bridgehead atoms. The van der Waals surface area contributed by atoms with Crippen molar-refractivity contribution >= 4 is 17.5 Å². The van der Waals surface area contributed by atoms with Crippen molar-refractivity contribution < 1.29 is 14.3 Å². The molecule has 142 valence electrons. The second-order valence-electron chi connectivity index (χ2n) is 7.77. The van der Waals surface area contributed by atoms with Crippen LogP contribution in [0.25, 0.3) is 0 Å². The number of rotatable bonds is 8. The molecule has 2 N–H and O–H groups in total. The van der Waals surface area contributed by atoms with Gasteiger partial charge in [-0.3, -0.25) is 4.79 Å². The Morgan fingerprint density at radius 3 is 2.32 bits per heavy atom. The molecule has 5 nitrogen and oxygen atoms in total. The van der Waals surface area contributed by atoms with Gasteiger partial charge in [-0.15, -0.1) is 0 Å². The average molecular weight is 371 g/mol. The minimum atomic E-state index is -0.302. The van der Waals surface area contributed by atoms with E-state index in [4.69, 9.17) is 21.1 Å². The summed E-state index contributed by atoms with van der Waals surface area (Å²) in [5.74, 6) is 0.815. The summed E-state index contributed by atoms with van der Waals surface area (Å²) in [6.07, 6.45) is 1.01. The van der Waals surface area contributed by atoms with Crippen molar-refractivity contribution in [2.24, 2.45) is 0 Å². The van der Waals surface area contributed by atoms with E-state index in [-0.39, 0.29) is 23.6 Å². The molecular weight excluding hydrogens is 340 g/mol. The Bertz CT molecular complexity index is 595. The normalized spacial score (nSPS) is 12.0. The first kappa shape index (κ1) is 21.6. The van der Waals surface area contributed by atoms with Gasteiger partial charge in [0.05, 0.1) is 7.11 Å². The van der Waals surface area contributed by atoms with Crippen LogP contribution in [0, 0.1) is 0 Å². The molecule has 0 aliphatic rings. The van der Waals surface area contributed by atoms with E-state index in [1.165, 1.54) is 0 Å². The van der Waals surface area contributed by atoms with Gasteiger partial charge in [0.2, 0.25) is 0 Å². The first-order valence-electron chi connectivity index (χ1n) is 8.52. The third-order valence-electron chi connectivity index (χ3n) is 3.85. The Morgan fingerprint density at radius 2 is 1.80 bits per heavy atom. The van der Waals surface area contributed by atoms with Crippen molar-refractivity contribution in [1.82, 2.24) is 10.6 Å². The summed E-state index contributed by atoms with van der Waals surface area (Å²) in [5, 5.41) is 6.89. The molecular formula is C19H31ClN2O3. The molecule has 1 aromatic carbocycles. The summed E-state index contributed by atoms with van der Waals surface area (Å²) in [6.45, 7) is 12.7. The molecule has 0 heterocycles. The van der Waals surface area contributed by atoms with Crippen LogP contribution >= 0.6 is 11.6 Å². The van der Waals surface area contributed by atoms with Gasteiger partial charge < -0.3 is 20.1 Å². The van der Waals surface area contributed by atoms with Crippen LogP contribution < -0.4 is 20.1 Å². The number of ether oxygens (including phenoxy) is 2. The molecule has 0 fully saturated rings. The topological polar surface area (TPSA) is 59.6 Å². The number of benzene rings is 1. The zero-order valence-electron chi connectivity index (χ0n) is 16.4. The van der Waals surface area contributed by atoms with Gasteiger partial charge in [0.25, 0.3) is 5.91 Å². The summed E-state index contributed by atoms with van der Waals surface area (Å²) in [4.78, 5) is 11.9. The first-order valence-corrected chi connectivity index (χ1v) is 8.90. The number of carbonyl (C=O) groups is 1. The van der Waals surface area contributed by atoms with E-state index < -0.39 is 0 Å². The fraction of sp³-hybridized carbons (Fsp3) is 0.632. The Hall–Kier alpha value is -1.46. The Balaban J connectivity index is 2.82. The largest absolute Gasteiger partial charge is 0.493 e. The van der Waals surface area contributed by atoms with E-state index in [1.54, 1.807) is 13.2 Å². The van der Waals surface area contributed by atoms with Gasteiger partial charge >= 0.3 is 0 Å². The molecule has 0 atom stereocenters. The van der Waals surface area contributed by atoms with Crippen LogP contribution in [-0.2, 0) is 11.3 Å². The Labute approximate surface area is 156 Å². The van der Waals surface area contributed by atoms with Crippen LogP contribution in [0.3, 0.4) is 0 Å². The number of methoxy groups -OCH3 is 1. The highest BCUT2D eigenvalue weighted by molar-refractivity contribution is 6.31. The van der Waals surface area contributed by atoms with Gasteiger partial charge in [-0.05, 0) is 52.7 Å². The molecule has 0 aromatic heterocycles. The van der Waals surface area contributed by atoms with Gasteiger partial charge in [0.15, 0.2) is 18.1 Å². The first-order chi connectivity index (χ1) is 11.5. The van der Waals surface area contributed by atoms with Gasteiger partial charge in [-0.1, -0.05) is 18.5 Å². The van der Waals surface area contributed by atoms with Crippen molar-refractivity contribution in [3.05, 3.63) is 22.7 Å². The molecule has 0 aliphatic carbocycles. The van der Waals surface area contributed by atoms with Gasteiger partial charge in [-0.2, -0.15) is 0 Å². The molecule has 6 heteroatoms. The predicted octanol–water partition coefficient (Wildman–Crippen LogP) is 3.92. The second kappa shape index (κ2) is 8.77. The van der Waals surface area contributed by atoms with E-state index in [0.717, 1.165) is 12.0 Å². The lowest BCUT2D eigenvalue weighted by Crippen LogP contribution is -2.43. The van der Waals surface area contributed by atoms with Crippen molar-refractivity contribution in [1.29, 1.82) is 0 Å². The van der Waals surface area contributed by atoms with E-state index in [9.17, 15) is 4.79 Å². The van der Waals surface area contributed by atoms with Crippen molar-refractivity contribution in [3.63, 3.8) is 0 Å². The Morgan fingerprint density at radius 1 is 1.16 bits per heavy atom.